The molecule has 0 spiro atoms. The van der Waals surface area contributed by atoms with Crippen LogP contribution in [0.15, 0.2) is 23.1 Å². The summed E-state index contributed by atoms with van der Waals surface area (Å²) in [5, 5.41) is 0.261. The maximum Gasteiger partial charge on any atom is 0.182 e. The minimum Gasteiger partial charge on any atom is -0.329 e. The average Bonchev–Trinajstić information content (AvgIpc) is 2.02. The van der Waals surface area contributed by atoms with Gasteiger partial charge in [0.05, 0.1) is 15.8 Å². The highest BCUT2D eigenvalue weighted by Crippen LogP contribution is 2.29. The van der Waals surface area contributed by atoms with Gasteiger partial charge in [-0.05, 0) is 12.1 Å². The van der Waals surface area contributed by atoms with Crippen molar-refractivity contribution in [2.75, 3.05) is 12.3 Å². The zero-order chi connectivity index (χ0) is 10.8. The molecular weight excluding hydrogens is 245 g/mol. The fraction of sp³-hybridized carbons (Fsp3) is 0.250. The van der Waals surface area contributed by atoms with Crippen LogP contribution in [0.3, 0.4) is 0 Å². The second kappa shape index (κ2) is 4.49. The van der Waals surface area contributed by atoms with E-state index in [0.717, 1.165) is 0 Å². The van der Waals surface area contributed by atoms with E-state index < -0.39 is 9.84 Å². The molecule has 14 heavy (non-hydrogen) atoms. The smallest absolute Gasteiger partial charge is 0.182 e. The summed E-state index contributed by atoms with van der Waals surface area (Å²) < 4.78 is 23.2. The first kappa shape index (κ1) is 11.8. The Morgan fingerprint density at radius 3 is 2.14 bits per heavy atom. The fourth-order valence-electron chi connectivity index (χ4n) is 1.04. The predicted octanol–water partition coefficient (Wildman–Crippen LogP) is 1.73. The highest BCUT2D eigenvalue weighted by atomic mass is 35.5. The van der Waals surface area contributed by atoms with E-state index in [-0.39, 0.29) is 27.2 Å². The van der Waals surface area contributed by atoms with Gasteiger partial charge in [-0.15, -0.1) is 0 Å². The molecule has 0 aliphatic heterocycles. The van der Waals surface area contributed by atoms with Gasteiger partial charge >= 0.3 is 0 Å². The van der Waals surface area contributed by atoms with E-state index in [4.69, 9.17) is 28.9 Å². The van der Waals surface area contributed by atoms with Gasteiger partial charge in [0, 0.05) is 6.54 Å². The van der Waals surface area contributed by atoms with Crippen molar-refractivity contribution in [1.82, 2.24) is 0 Å². The first-order valence-corrected chi connectivity index (χ1v) is 6.26. The van der Waals surface area contributed by atoms with Crippen LogP contribution in [0.1, 0.15) is 0 Å². The summed E-state index contributed by atoms with van der Waals surface area (Å²) in [6.45, 7) is 0.0455. The Bertz CT molecular complexity index is 411. The summed E-state index contributed by atoms with van der Waals surface area (Å²) in [4.78, 5) is -0.0335. The summed E-state index contributed by atoms with van der Waals surface area (Å²) in [6.07, 6.45) is 0. The van der Waals surface area contributed by atoms with E-state index in [1.807, 2.05) is 0 Å². The van der Waals surface area contributed by atoms with Crippen molar-refractivity contribution in [3.8, 4) is 0 Å². The maximum absolute atomic E-state index is 11.6. The lowest BCUT2D eigenvalue weighted by atomic mass is 10.4. The zero-order valence-corrected chi connectivity index (χ0v) is 9.53. The van der Waals surface area contributed by atoms with Gasteiger partial charge in [0.2, 0.25) is 0 Å². The average molecular weight is 254 g/mol. The van der Waals surface area contributed by atoms with Crippen LogP contribution >= 0.6 is 23.2 Å². The highest BCUT2D eigenvalue weighted by molar-refractivity contribution is 7.91. The van der Waals surface area contributed by atoms with E-state index in [1.165, 1.54) is 12.1 Å². The fourth-order valence-corrected chi connectivity index (χ4v) is 3.38. The van der Waals surface area contributed by atoms with E-state index in [9.17, 15) is 8.42 Å². The quantitative estimate of drug-likeness (QED) is 0.893. The first-order chi connectivity index (χ1) is 6.49. The zero-order valence-electron chi connectivity index (χ0n) is 7.20. The van der Waals surface area contributed by atoms with Crippen LogP contribution in [0.5, 0.6) is 0 Å². The normalized spacial score (nSPS) is 11.6. The molecule has 6 heteroatoms. The van der Waals surface area contributed by atoms with Crippen LogP contribution in [-0.2, 0) is 9.84 Å². The summed E-state index contributed by atoms with van der Waals surface area (Å²) in [6, 6.07) is 4.56. The number of hydrogen-bond donors (Lipinski definition) is 1. The van der Waals surface area contributed by atoms with Crippen molar-refractivity contribution in [2.24, 2.45) is 5.73 Å². The van der Waals surface area contributed by atoms with E-state index in [2.05, 4.69) is 0 Å². The minimum absolute atomic E-state index is 0.0335. The van der Waals surface area contributed by atoms with Gasteiger partial charge in [0.25, 0.3) is 0 Å². The molecule has 1 aromatic carbocycles. The SMILES string of the molecule is NCCS(=O)(=O)c1c(Cl)cccc1Cl. The Kier molecular flexibility index (Phi) is 3.78. The number of sulfone groups is 1. The van der Waals surface area contributed by atoms with Crippen LogP contribution in [-0.4, -0.2) is 20.7 Å². The number of nitrogens with two attached hydrogens (primary N) is 1. The lowest BCUT2D eigenvalue weighted by Crippen LogP contribution is -2.16. The molecule has 0 aromatic heterocycles. The summed E-state index contributed by atoms with van der Waals surface area (Å²) in [5.41, 5.74) is 5.19. The van der Waals surface area contributed by atoms with Crippen LogP contribution in [0.25, 0.3) is 0 Å². The van der Waals surface area contributed by atoms with Crippen LogP contribution < -0.4 is 5.73 Å². The Morgan fingerprint density at radius 2 is 1.71 bits per heavy atom. The molecule has 0 unspecified atom stereocenters. The van der Waals surface area contributed by atoms with Crippen LogP contribution in [0.4, 0.5) is 0 Å². The van der Waals surface area contributed by atoms with Gasteiger partial charge in [-0.25, -0.2) is 8.42 Å². The Hall–Kier alpha value is -0.290. The van der Waals surface area contributed by atoms with Gasteiger partial charge < -0.3 is 5.73 Å². The molecule has 0 saturated heterocycles. The molecule has 0 aliphatic carbocycles. The number of benzene rings is 1. The minimum atomic E-state index is -3.46. The lowest BCUT2D eigenvalue weighted by molar-refractivity contribution is 0.596. The van der Waals surface area contributed by atoms with Crippen molar-refractivity contribution in [3.63, 3.8) is 0 Å². The third-order valence-electron chi connectivity index (χ3n) is 1.62. The molecule has 0 heterocycles. The van der Waals surface area contributed by atoms with Crippen molar-refractivity contribution >= 4 is 33.0 Å². The second-order valence-electron chi connectivity index (χ2n) is 2.66. The van der Waals surface area contributed by atoms with Crippen LogP contribution in [0, 0.1) is 0 Å². The summed E-state index contributed by atoms with van der Waals surface area (Å²) in [5.74, 6) is -0.156. The maximum atomic E-state index is 11.6. The predicted molar refractivity (Wildman–Crippen MR) is 57.6 cm³/mol. The Balaban J connectivity index is 3.32. The van der Waals surface area contributed by atoms with Crippen LogP contribution in [0.2, 0.25) is 10.0 Å². The van der Waals surface area contributed by atoms with E-state index >= 15 is 0 Å². The summed E-state index contributed by atoms with van der Waals surface area (Å²) >= 11 is 11.5. The third kappa shape index (κ3) is 2.39. The van der Waals surface area contributed by atoms with Gasteiger partial charge in [0.1, 0.15) is 4.90 Å². The molecule has 0 saturated carbocycles. The van der Waals surface area contributed by atoms with Gasteiger partial charge in [-0.2, -0.15) is 0 Å². The molecule has 2 N–H and O–H groups in total. The van der Waals surface area contributed by atoms with Crippen molar-refractivity contribution < 1.29 is 8.42 Å². The Morgan fingerprint density at radius 1 is 1.21 bits per heavy atom. The number of hydrogen-bond acceptors (Lipinski definition) is 3. The van der Waals surface area contributed by atoms with E-state index in [0.29, 0.717) is 0 Å². The van der Waals surface area contributed by atoms with E-state index in [1.54, 1.807) is 6.07 Å². The van der Waals surface area contributed by atoms with Crippen molar-refractivity contribution in [3.05, 3.63) is 28.2 Å². The molecule has 78 valence electrons. The molecule has 0 bridgehead atoms. The van der Waals surface area contributed by atoms with Crippen molar-refractivity contribution in [1.29, 1.82) is 0 Å². The largest absolute Gasteiger partial charge is 0.329 e. The highest BCUT2D eigenvalue weighted by Gasteiger charge is 2.20. The molecule has 0 atom stereocenters. The monoisotopic (exact) mass is 253 g/mol. The molecule has 1 rings (SSSR count). The topological polar surface area (TPSA) is 60.2 Å². The number of rotatable bonds is 3. The first-order valence-electron chi connectivity index (χ1n) is 3.86. The lowest BCUT2D eigenvalue weighted by Gasteiger charge is -2.06. The van der Waals surface area contributed by atoms with Gasteiger partial charge in [0.15, 0.2) is 9.84 Å². The molecule has 0 aliphatic rings. The molecule has 3 nitrogen and oxygen atoms in total. The third-order valence-corrected chi connectivity index (χ3v) is 4.31. The molecule has 0 fully saturated rings. The second-order valence-corrected chi connectivity index (χ2v) is 5.52. The molecule has 0 amide bonds. The standard InChI is InChI=1S/C8H9Cl2NO2S/c9-6-2-1-3-7(10)8(6)14(12,13)5-4-11/h1-3H,4-5,11H2. The van der Waals surface area contributed by atoms with Crippen molar-refractivity contribution in [2.45, 2.75) is 4.90 Å². The Labute approximate surface area is 92.7 Å². The number of halogens is 2. The van der Waals surface area contributed by atoms with Gasteiger partial charge in [-0.3, -0.25) is 0 Å². The molecule has 0 radical (unpaired) electrons. The molecule has 1 aromatic rings. The summed E-state index contributed by atoms with van der Waals surface area (Å²) in [7, 11) is -3.46. The molecular formula is C8H9Cl2NO2S. The van der Waals surface area contributed by atoms with Gasteiger partial charge in [-0.1, -0.05) is 29.3 Å².